The summed E-state index contributed by atoms with van der Waals surface area (Å²) in [6.45, 7) is 3.06. The fourth-order valence-electron chi connectivity index (χ4n) is 2.68. The first-order valence-corrected chi connectivity index (χ1v) is 7.52. The van der Waals surface area contributed by atoms with Gasteiger partial charge in [-0.2, -0.15) is 0 Å². The predicted octanol–water partition coefficient (Wildman–Crippen LogP) is 3.50. The Morgan fingerprint density at radius 3 is 2.35 bits per heavy atom. The normalized spacial score (nSPS) is 17.6. The van der Waals surface area contributed by atoms with Crippen LogP contribution >= 0.6 is 0 Å². The third-order valence-electron chi connectivity index (χ3n) is 3.80. The van der Waals surface area contributed by atoms with Gasteiger partial charge in [-0.15, -0.1) is 10.2 Å². The fraction of sp³-hybridized carbons (Fsp3) is 0.500. The summed E-state index contributed by atoms with van der Waals surface area (Å²) < 4.78 is 5.78. The van der Waals surface area contributed by atoms with Crippen molar-refractivity contribution in [2.75, 3.05) is 13.1 Å². The summed E-state index contributed by atoms with van der Waals surface area (Å²) in [4.78, 5) is 2.43. The largest absolute Gasteiger partial charge is 0.419 e. The zero-order valence-corrected chi connectivity index (χ0v) is 11.8. The number of likely N-dealkylation sites (tertiary alicyclic amines) is 1. The molecule has 3 rings (SSSR count). The van der Waals surface area contributed by atoms with Crippen LogP contribution in [0.3, 0.4) is 0 Å². The number of benzene rings is 1. The molecule has 1 aliphatic heterocycles. The van der Waals surface area contributed by atoms with E-state index < -0.39 is 0 Å². The van der Waals surface area contributed by atoms with Gasteiger partial charge in [0, 0.05) is 5.56 Å². The molecule has 0 unspecified atom stereocenters. The zero-order valence-electron chi connectivity index (χ0n) is 11.8. The van der Waals surface area contributed by atoms with Gasteiger partial charge < -0.3 is 4.42 Å². The van der Waals surface area contributed by atoms with Gasteiger partial charge in [-0.05, 0) is 38.1 Å². The van der Waals surface area contributed by atoms with Crippen molar-refractivity contribution in [2.45, 2.75) is 38.6 Å². The predicted molar refractivity (Wildman–Crippen MR) is 78.1 cm³/mol. The van der Waals surface area contributed by atoms with Crippen molar-refractivity contribution in [3.8, 4) is 11.5 Å². The van der Waals surface area contributed by atoms with Gasteiger partial charge in [0.25, 0.3) is 0 Å². The second-order valence-corrected chi connectivity index (χ2v) is 5.41. The molecule has 2 aromatic rings. The molecular formula is C16H21N3O. The van der Waals surface area contributed by atoms with E-state index in [1.807, 2.05) is 30.3 Å². The first-order chi connectivity index (χ1) is 9.92. The Kier molecular flexibility index (Phi) is 4.43. The molecule has 1 fully saturated rings. The van der Waals surface area contributed by atoms with Crippen LogP contribution in [0.1, 0.15) is 38.0 Å². The lowest BCUT2D eigenvalue weighted by atomic mass is 10.1. The molecule has 0 amide bonds. The molecule has 4 heteroatoms. The molecule has 0 atom stereocenters. The number of nitrogens with zero attached hydrogens (tertiary/aromatic N) is 3. The molecule has 1 aliphatic rings. The number of hydrogen-bond donors (Lipinski definition) is 0. The Bertz CT molecular complexity index is 516. The molecule has 4 nitrogen and oxygen atoms in total. The van der Waals surface area contributed by atoms with Gasteiger partial charge in [0.1, 0.15) is 0 Å². The van der Waals surface area contributed by atoms with E-state index in [1.54, 1.807) is 0 Å². The van der Waals surface area contributed by atoms with Crippen LogP contribution in [-0.4, -0.2) is 28.2 Å². The maximum absolute atomic E-state index is 5.78. The van der Waals surface area contributed by atoms with E-state index in [2.05, 4.69) is 15.1 Å². The molecule has 0 saturated carbocycles. The highest BCUT2D eigenvalue weighted by atomic mass is 16.4. The molecule has 106 valence electrons. The summed E-state index contributed by atoms with van der Waals surface area (Å²) in [7, 11) is 0. The van der Waals surface area contributed by atoms with Crippen LogP contribution in [-0.2, 0) is 6.54 Å². The third-order valence-corrected chi connectivity index (χ3v) is 3.80. The van der Waals surface area contributed by atoms with Crippen LogP contribution in [0.15, 0.2) is 34.7 Å². The van der Waals surface area contributed by atoms with Crippen LogP contribution in [0.25, 0.3) is 11.5 Å². The summed E-state index contributed by atoms with van der Waals surface area (Å²) in [5, 5.41) is 8.33. The Balaban J connectivity index is 1.64. The number of rotatable bonds is 3. The average Bonchev–Trinajstić information content (AvgIpc) is 2.91. The summed E-state index contributed by atoms with van der Waals surface area (Å²) in [6.07, 6.45) is 6.62. The Morgan fingerprint density at radius 2 is 1.60 bits per heavy atom. The van der Waals surface area contributed by atoms with Crippen LogP contribution in [0.4, 0.5) is 0 Å². The van der Waals surface area contributed by atoms with Crippen LogP contribution < -0.4 is 0 Å². The Labute approximate surface area is 119 Å². The maximum atomic E-state index is 5.78. The van der Waals surface area contributed by atoms with Crippen LogP contribution in [0.2, 0.25) is 0 Å². The van der Waals surface area contributed by atoms with Crippen molar-refractivity contribution in [3.63, 3.8) is 0 Å². The summed E-state index contributed by atoms with van der Waals surface area (Å²) in [5.74, 6) is 1.34. The number of hydrogen-bond acceptors (Lipinski definition) is 4. The van der Waals surface area contributed by atoms with E-state index >= 15 is 0 Å². The average molecular weight is 271 g/mol. The quantitative estimate of drug-likeness (QED) is 0.856. The second kappa shape index (κ2) is 6.66. The molecular weight excluding hydrogens is 250 g/mol. The molecule has 0 spiro atoms. The molecule has 0 aliphatic carbocycles. The van der Waals surface area contributed by atoms with Gasteiger partial charge in [0.15, 0.2) is 0 Å². The van der Waals surface area contributed by atoms with Crippen LogP contribution in [0, 0.1) is 0 Å². The molecule has 1 aromatic heterocycles. The first-order valence-electron chi connectivity index (χ1n) is 7.52. The van der Waals surface area contributed by atoms with Gasteiger partial charge in [-0.25, -0.2) is 0 Å². The highest BCUT2D eigenvalue weighted by Crippen LogP contribution is 2.18. The third kappa shape index (κ3) is 3.45. The zero-order chi connectivity index (χ0) is 13.6. The smallest absolute Gasteiger partial charge is 0.247 e. The van der Waals surface area contributed by atoms with Crippen LogP contribution in [0.5, 0.6) is 0 Å². The lowest BCUT2D eigenvalue weighted by molar-refractivity contribution is 0.219. The van der Waals surface area contributed by atoms with Crippen molar-refractivity contribution in [1.82, 2.24) is 15.1 Å². The van der Waals surface area contributed by atoms with E-state index in [1.165, 1.54) is 32.1 Å². The SMILES string of the molecule is c1ccc(-c2nnc(CN3CCCCCCC3)o2)cc1. The molecule has 0 N–H and O–H groups in total. The molecule has 1 aromatic carbocycles. The van der Waals surface area contributed by atoms with Gasteiger partial charge in [-0.1, -0.05) is 37.5 Å². The standard InChI is InChI=1S/C16H21N3O/c1-2-7-11-19(12-8-3-1)13-15-17-18-16(20-15)14-9-5-4-6-10-14/h4-6,9-10H,1-3,7-8,11-13H2. The molecule has 20 heavy (non-hydrogen) atoms. The Morgan fingerprint density at radius 1 is 0.900 bits per heavy atom. The van der Waals surface area contributed by atoms with E-state index in [-0.39, 0.29) is 0 Å². The lowest BCUT2D eigenvalue weighted by Gasteiger charge is -2.22. The molecule has 2 heterocycles. The monoisotopic (exact) mass is 271 g/mol. The minimum Gasteiger partial charge on any atom is -0.419 e. The molecule has 1 saturated heterocycles. The first kappa shape index (κ1) is 13.3. The minimum atomic E-state index is 0.618. The van der Waals surface area contributed by atoms with E-state index in [0.717, 1.165) is 31.1 Å². The highest BCUT2D eigenvalue weighted by molar-refractivity contribution is 5.51. The second-order valence-electron chi connectivity index (χ2n) is 5.41. The molecule has 0 bridgehead atoms. The minimum absolute atomic E-state index is 0.618. The van der Waals surface area contributed by atoms with E-state index in [0.29, 0.717) is 5.89 Å². The number of aromatic nitrogens is 2. The van der Waals surface area contributed by atoms with Crippen molar-refractivity contribution in [3.05, 3.63) is 36.2 Å². The van der Waals surface area contributed by atoms with Crippen molar-refractivity contribution >= 4 is 0 Å². The van der Waals surface area contributed by atoms with Gasteiger partial charge in [0.05, 0.1) is 6.54 Å². The van der Waals surface area contributed by atoms with Crippen molar-refractivity contribution in [2.24, 2.45) is 0 Å². The maximum Gasteiger partial charge on any atom is 0.247 e. The van der Waals surface area contributed by atoms with Gasteiger partial charge >= 0.3 is 0 Å². The van der Waals surface area contributed by atoms with E-state index in [4.69, 9.17) is 4.42 Å². The van der Waals surface area contributed by atoms with Gasteiger partial charge in [0.2, 0.25) is 11.8 Å². The van der Waals surface area contributed by atoms with Crippen molar-refractivity contribution < 1.29 is 4.42 Å². The van der Waals surface area contributed by atoms with Crippen molar-refractivity contribution in [1.29, 1.82) is 0 Å². The molecule has 0 radical (unpaired) electrons. The topological polar surface area (TPSA) is 42.2 Å². The summed E-state index contributed by atoms with van der Waals surface area (Å²) in [6, 6.07) is 9.94. The highest BCUT2D eigenvalue weighted by Gasteiger charge is 2.13. The van der Waals surface area contributed by atoms with Gasteiger partial charge in [-0.3, -0.25) is 4.90 Å². The summed E-state index contributed by atoms with van der Waals surface area (Å²) >= 11 is 0. The Hall–Kier alpha value is -1.68. The lowest BCUT2D eigenvalue weighted by Crippen LogP contribution is -2.27. The summed E-state index contributed by atoms with van der Waals surface area (Å²) in [5.41, 5.74) is 0.985. The van der Waals surface area contributed by atoms with E-state index in [9.17, 15) is 0 Å². The fourth-order valence-corrected chi connectivity index (χ4v) is 2.68.